The number of guanidine groups is 1. The van der Waals surface area contributed by atoms with Gasteiger partial charge in [0.25, 0.3) is 0 Å². The van der Waals surface area contributed by atoms with Gasteiger partial charge >= 0.3 is 0 Å². The molecule has 2 atom stereocenters. The van der Waals surface area contributed by atoms with Gasteiger partial charge in [-0.05, 0) is 32.4 Å². The number of aliphatic imine (C=N–C) groups is 1. The molecule has 2 rings (SSSR count). The molecule has 0 aromatic heterocycles. The highest BCUT2D eigenvalue weighted by Gasteiger charge is 2.24. The van der Waals surface area contributed by atoms with E-state index in [4.69, 9.17) is 0 Å². The predicted octanol–water partition coefficient (Wildman–Crippen LogP) is 2.88. The molecule has 0 spiro atoms. The summed E-state index contributed by atoms with van der Waals surface area (Å²) in [5.74, 6) is 2.33. The maximum atomic E-state index is 4.52. The summed E-state index contributed by atoms with van der Waals surface area (Å²) >= 11 is 2.11. The van der Waals surface area contributed by atoms with Crippen molar-refractivity contribution >= 4 is 41.7 Å². The number of piperidine rings is 1. The van der Waals surface area contributed by atoms with E-state index in [9.17, 15) is 0 Å². The van der Waals surface area contributed by atoms with Gasteiger partial charge in [0.05, 0.1) is 0 Å². The van der Waals surface area contributed by atoms with Gasteiger partial charge in [-0.3, -0.25) is 9.89 Å². The van der Waals surface area contributed by atoms with Crippen molar-refractivity contribution in [3.8, 4) is 0 Å². The summed E-state index contributed by atoms with van der Waals surface area (Å²) in [4.78, 5) is 9.58. The average Bonchev–Trinajstić information content (AvgIpc) is 2.56. The molecule has 22 heavy (non-hydrogen) atoms. The molecule has 6 heteroatoms. The molecular formula is C16H33IN4S. The molecular weight excluding hydrogens is 407 g/mol. The molecule has 2 unspecified atom stereocenters. The largest absolute Gasteiger partial charge is 0.355 e. The van der Waals surface area contributed by atoms with Gasteiger partial charge in [-0.1, -0.05) is 20.3 Å². The predicted molar refractivity (Wildman–Crippen MR) is 110 cm³/mol. The normalized spacial score (nSPS) is 27.4. The van der Waals surface area contributed by atoms with E-state index in [1.54, 1.807) is 0 Å². The van der Waals surface area contributed by atoms with Gasteiger partial charge in [-0.25, -0.2) is 0 Å². The zero-order valence-electron chi connectivity index (χ0n) is 14.4. The summed E-state index contributed by atoms with van der Waals surface area (Å²) in [6.45, 7) is 10.3. The number of thioether (sulfide) groups is 1. The minimum absolute atomic E-state index is 0. The molecule has 0 aliphatic carbocycles. The van der Waals surface area contributed by atoms with E-state index in [0.29, 0.717) is 6.04 Å². The van der Waals surface area contributed by atoms with Crippen LogP contribution in [0.3, 0.4) is 0 Å². The zero-order valence-corrected chi connectivity index (χ0v) is 17.5. The first-order valence-electron chi connectivity index (χ1n) is 8.59. The maximum absolute atomic E-state index is 4.52. The van der Waals surface area contributed by atoms with Crippen LogP contribution < -0.4 is 5.32 Å². The lowest BCUT2D eigenvalue weighted by Gasteiger charge is -2.38. The molecule has 2 aliphatic rings. The van der Waals surface area contributed by atoms with E-state index in [2.05, 4.69) is 45.7 Å². The van der Waals surface area contributed by atoms with E-state index in [-0.39, 0.29) is 24.0 Å². The molecule has 0 aromatic rings. The lowest BCUT2D eigenvalue weighted by molar-refractivity contribution is 0.156. The number of rotatable bonds is 4. The summed E-state index contributed by atoms with van der Waals surface area (Å²) < 4.78 is 0. The van der Waals surface area contributed by atoms with Gasteiger partial charge < -0.3 is 10.2 Å². The molecule has 4 nitrogen and oxygen atoms in total. The van der Waals surface area contributed by atoms with Gasteiger partial charge in [0.2, 0.25) is 0 Å². The van der Waals surface area contributed by atoms with Gasteiger partial charge in [0.1, 0.15) is 0 Å². The van der Waals surface area contributed by atoms with Crippen LogP contribution in [-0.2, 0) is 0 Å². The molecule has 0 aromatic carbocycles. The van der Waals surface area contributed by atoms with Crippen molar-refractivity contribution in [2.45, 2.75) is 50.8 Å². The third kappa shape index (κ3) is 5.74. The molecule has 0 radical (unpaired) electrons. The zero-order chi connectivity index (χ0) is 15.1. The second-order valence-corrected chi connectivity index (χ2v) is 7.46. The van der Waals surface area contributed by atoms with E-state index >= 15 is 0 Å². The quantitative estimate of drug-likeness (QED) is 0.414. The van der Waals surface area contributed by atoms with Crippen LogP contribution in [0.5, 0.6) is 0 Å². The number of hydrogen-bond acceptors (Lipinski definition) is 3. The molecule has 2 saturated heterocycles. The minimum Gasteiger partial charge on any atom is -0.355 e. The van der Waals surface area contributed by atoms with Crippen LogP contribution in [0.1, 0.15) is 39.5 Å². The fraction of sp³-hybridized carbons (Fsp3) is 0.938. The van der Waals surface area contributed by atoms with Crippen LogP contribution in [0.4, 0.5) is 0 Å². The summed E-state index contributed by atoms with van der Waals surface area (Å²) in [5, 5.41) is 4.41. The average molecular weight is 440 g/mol. The maximum Gasteiger partial charge on any atom is 0.193 e. The fourth-order valence-electron chi connectivity index (χ4n) is 3.41. The van der Waals surface area contributed by atoms with E-state index in [0.717, 1.165) is 30.8 Å². The third-order valence-electron chi connectivity index (χ3n) is 4.76. The van der Waals surface area contributed by atoms with Gasteiger partial charge in [-0.15, -0.1) is 24.0 Å². The Labute approximate surface area is 157 Å². The number of likely N-dealkylation sites (tertiary alicyclic amines) is 1. The lowest BCUT2D eigenvalue weighted by Crippen LogP contribution is -2.52. The Kier molecular flexibility index (Phi) is 10.1. The van der Waals surface area contributed by atoms with Gasteiger partial charge in [0.15, 0.2) is 5.96 Å². The van der Waals surface area contributed by atoms with E-state index in [1.165, 1.54) is 44.5 Å². The Bertz CT molecular complexity index is 340. The first-order chi connectivity index (χ1) is 10.3. The van der Waals surface area contributed by atoms with Crippen molar-refractivity contribution in [3.63, 3.8) is 0 Å². The van der Waals surface area contributed by atoms with Crippen LogP contribution in [-0.4, -0.2) is 72.6 Å². The first-order valence-corrected chi connectivity index (χ1v) is 9.64. The van der Waals surface area contributed by atoms with Crippen molar-refractivity contribution in [1.29, 1.82) is 0 Å². The monoisotopic (exact) mass is 440 g/mol. The number of nitrogens with zero attached hydrogens (tertiary/aromatic N) is 3. The van der Waals surface area contributed by atoms with Crippen molar-refractivity contribution in [2.75, 3.05) is 45.5 Å². The Morgan fingerprint density at radius 2 is 2.09 bits per heavy atom. The van der Waals surface area contributed by atoms with Crippen molar-refractivity contribution < 1.29 is 0 Å². The Hall–Kier alpha value is 0.310. The first kappa shape index (κ1) is 20.4. The molecule has 2 heterocycles. The second-order valence-electron chi connectivity index (χ2n) is 6.05. The van der Waals surface area contributed by atoms with Crippen molar-refractivity contribution in [2.24, 2.45) is 4.99 Å². The molecule has 2 aliphatic heterocycles. The van der Waals surface area contributed by atoms with Crippen LogP contribution in [0.2, 0.25) is 0 Å². The lowest BCUT2D eigenvalue weighted by atomic mass is 10.0. The number of likely N-dealkylation sites (N-methyl/N-ethyl adjacent to an activating group) is 1. The molecule has 0 bridgehead atoms. The van der Waals surface area contributed by atoms with Crippen LogP contribution >= 0.6 is 35.7 Å². The highest BCUT2D eigenvalue weighted by molar-refractivity contribution is 14.0. The molecule has 130 valence electrons. The van der Waals surface area contributed by atoms with E-state index in [1.807, 2.05) is 7.05 Å². The standard InChI is InChI=1S/C16H32N4S.HI/c1-4-15-13-20(10-11-21-15)16(17-3)18-12-14-8-6-7-9-19(14)5-2;/h14-15H,4-13H2,1-3H3,(H,17,18);1H. The molecule has 2 fully saturated rings. The Morgan fingerprint density at radius 1 is 1.27 bits per heavy atom. The van der Waals surface area contributed by atoms with Crippen LogP contribution in [0.15, 0.2) is 4.99 Å². The van der Waals surface area contributed by atoms with Gasteiger partial charge in [0, 0.05) is 43.7 Å². The van der Waals surface area contributed by atoms with Crippen LogP contribution in [0.25, 0.3) is 0 Å². The minimum atomic E-state index is 0. The summed E-state index contributed by atoms with van der Waals surface area (Å²) in [7, 11) is 1.92. The summed E-state index contributed by atoms with van der Waals surface area (Å²) in [6, 6.07) is 0.682. The fourth-order valence-corrected chi connectivity index (χ4v) is 4.59. The Morgan fingerprint density at radius 3 is 2.77 bits per heavy atom. The topological polar surface area (TPSA) is 30.9 Å². The Balaban J connectivity index is 0.00000242. The smallest absolute Gasteiger partial charge is 0.193 e. The van der Waals surface area contributed by atoms with Crippen molar-refractivity contribution in [1.82, 2.24) is 15.1 Å². The SMILES string of the molecule is CCC1CN(C(=NC)NCC2CCCCN2CC)CCS1.I. The third-order valence-corrected chi connectivity index (χ3v) is 6.13. The molecule has 0 amide bonds. The molecule has 0 saturated carbocycles. The second kappa shape index (κ2) is 11.0. The van der Waals surface area contributed by atoms with Gasteiger partial charge in [-0.2, -0.15) is 11.8 Å². The highest BCUT2D eigenvalue weighted by atomic mass is 127. The number of nitrogens with one attached hydrogen (secondary N) is 1. The number of hydrogen-bond donors (Lipinski definition) is 1. The summed E-state index contributed by atoms with van der Waals surface area (Å²) in [5.41, 5.74) is 0. The summed E-state index contributed by atoms with van der Waals surface area (Å²) in [6.07, 6.45) is 5.32. The van der Waals surface area contributed by atoms with Crippen LogP contribution in [0, 0.1) is 0 Å². The number of halogens is 1. The molecule has 1 N–H and O–H groups in total. The highest BCUT2D eigenvalue weighted by Crippen LogP contribution is 2.21. The van der Waals surface area contributed by atoms with E-state index < -0.39 is 0 Å². The van der Waals surface area contributed by atoms with Crippen molar-refractivity contribution in [3.05, 3.63) is 0 Å².